The average Bonchev–Trinajstić information content (AvgIpc) is 3.00. The van der Waals surface area contributed by atoms with Gasteiger partial charge in [0.25, 0.3) is 5.56 Å². The summed E-state index contributed by atoms with van der Waals surface area (Å²) in [4.78, 5) is 36.0. The molecule has 0 atom stereocenters. The lowest BCUT2D eigenvalue weighted by atomic mass is 10.2. The Kier molecular flexibility index (Phi) is 4.92. The van der Waals surface area contributed by atoms with Crippen molar-refractivity contribution in [1.29, 1.82) is 0 Å². The van der Waals surface area contributed by atoms with Crippen LogP contribution in [0.5, 0.6) is 0 Å². The summed E-state index contributed by atoms with van der Waals surface area (Å²) >= 11 is 0. The molecule has 1 aliphatic heterocycles. The molecule has 0 radical (unpaired) electrons. The molecule has 0 amide bonds. The van der Waals surface area contributed by atoms with Crippen molar-refractivity contribution < 1.29 is 17.9 Å². The fraction of sp³-hybridized carbons (Fsp3) is 0.353. The van der Waals surface area contributed by atoms with E-state index >= 15 is 0 Å². The second-order valence-corrected chi connectivity index (χ2v) is 8.26. The van der Waals surface area contributed by atoms with Crippen LogP contribution in [0.3, 0.4) is 0 Å². The number of nitrogens with zero attached hydrogens (tertiary/aromatic N) is 3. The van der Waals surface area contributed by atoms with Crippen molar-refractivity contribution in [2.24, 2.45) is 14.1 Å². The maximum atomic E-state index is 12.3. The SMILES string of the molecule is Cn1c(COC(=O)c2cccc(N3CCCS3(=O)=O)c2)cc(=O)n(C)c1=O. The normalized spacial score (nSPS) is 15.7. The van der Waals surface area contributed by atoms with Crippen LogP contribution in [0.1, 0.15) is 22.5 Å². The predicted octanol–water partition coefficient (Wildman–Crippen LogP) is -0.0191. The van der Waals surface area contributed by atoms with Crippen LogP contribution in [-0.4, -0.2) is 35.8 Å². The molecule has 2 heterocycles. The molecule has 1 aromatic carbocycles. The molecule has 0 saturated carbocycles. The van der Waals surface area contributed by atoms with Gasteiger partial charge in [0.1, 0.15) is 6.61 Å². The number of hydrogen-bond acceptors (Lipinski definition) is 6. The van der Waals surface area contributed by atoms with Gasteiger partial charge in [-0.25, -0.2) is 18.0 Å². The molecular formula is C17H19N3O6S. The third-order valence-electron chi connectivity index (χ3n) is 4.45. The Morgan fingerprint density at radius 2 is 1.89 bits per heavy atom. The van der Waals surface area contributed by atoms with Gasteiger partial charge in [0.2, 0.25) is 10.0 Å². The Labute approximate surface area is 155 Å². The van der Waals surface area contributed by atoms with E-state index in [4.69, 9.17) is 4.74 Å². The highest BCUT2D eigenvalue weighted by Crippen LogP contribution is 2.25. The van der Waals surface area contributed by atoms with E-state index in [0.29, 0.717) is 18.7 Å². The number of rotatable bonds is 4. The number of sulfonamides is 1. The van der Waals surface area contributed by atoms with Crippen LogP contribution in [0.25, 0.3) is 0 Å². The summed E-state index contributed by atoms with van der Waals surface area (Å²) in [5.74, 6) is -0.597. The van der Waals surface area contributed by atoms with Gasteiger partial charge in [0, 0.05) is 26.7 Å². The molecular weight excluding hydrogens is 374 g/mol. The molecule has 27 heavy (non-hydrogen) atoms. The minimum absolute atomic E-state index is 0.0820. The summed E-state index contributed by atoms with van der Waals surface area (Å²) in [6.45, 7) is 0.114. The Balaban J connectivity index is 1.79. The molecule has 0 aliphatic carbocycles. The van der Waals surface area contributed by atoms with E-state index in [-0.39, 0.29) is 23.6 Å². The van der Waals surface area contributed by atoms with Crippen LogP contribution in [0, 0.1) is 0 Å². The number of hydrogen-bond donors (Lipinski definition) is 0. The van der Waals surface area contributed by atoms with Crippen LogP contribution >= 0.6 is 0 Å². The lowest BCUT2D eigenvalue weighted by Crippen LogP contribution is -2.38. The standard InChI is InChI=1S/C17H19N3O6S/c1-18-14(10-15(21)19(2)17(18)23)11-26-16(22)12-5-3-6-13(9-12)20-7-4-8-27(20,24)25/h3,5-6,9-10H,4,7-8,11H2,1-2H3. The molecule has 1 aromatic heterocycles. The number of anilines is 1. The van der Waals surface area contributed by atoms with Crippen LogP contribution in [0.4, 0.5) is 5.69 Å². The van der Waals surface area contributed by atoms with Crippen molar-refractivity contribution in [2.75, 3.05) is 16.6 Å². The second kappa shape index (κ2) is 7.03. The Morgan fingerprint density at radius 3 is 2.56 bits per heavy atom. The van der Waals surface area contributed by atoms with Gasteiger partial charge in [-0.2, -0.15) is 0 Å². The van der Waals surface area contributed by atoms with Crippen LogP contribution in [0.15, 0.2) is 39.9 Å². The lowest BCUT2D eigenvalue weighted by Gasteiger charge is -2.17. The number of benzene rings is 1. The van der Waals surface area contributed by atoms with Gasteiger partial charge >= 0.3 is 11.7 Å². The third kappa shape index (κ3) is 3.65. The predicted molar refractivity (Wildman–Crippen MR) is 98.2 cm³/mol. The molecule has 1 aliphatic rings. The topological polar surface area (TPSA) is 108 Å². The van der Waals surface area contributed by atoms with Crippen LogP contribution < -0.4 is 15.6 Å². The first kappa shape index (κ1) is 18.9. The summed E-state index contributed by atoms with van der Waals surface area (Å²) in [6.07, 6.45) is 0.536. The third-order valence-corrected chi connectivity index (χ3v) is 6.32. The van der Waals surface area contributed by atoms with Gasteiger partial charge in [-0.15, -0.1) is 0 Å². The Hall–Kier alpha value is -2.88. The zero-order valence-corrected chi connectivity index (χ0v) is 15.7. The van der Waals surface area contributed by atoms with Gasteiger partial charge in [0.15, 0.2) is 0 Å². The fourth-order valence-electron chi connectivity index (χ4n) is 2.86. The first-order valence-electron chi connectivity index (χ1n) is 8.24. The quantitative estimate of drug-likeness (QED) is 0.676. The van der Waals surface area contributed by atoms with Crippen LogP contribution in [-0.2, 0) is 35.5 Å². The summed E-state index contributed by atoms with van der Waals surface area (Å²) < 4.78 is 32.7. The van der Waals surface area contributed by atoms with Gasteiger partial charge in [-0.1, -0.05) is 6.07 Å². The molecule has 0 N–H and O–H groups in total. The zero-order valence-electron chi connectivity index (χ0n) is 14.9. The van der Waals surface area contributed by atoms with Crippen molar-refractivity contribution in [1.82, 2.24) is 9.13 Å². The first-order valence-corrected chi connectivity index (χ1v) is 9.85. The molecule has 0 unspecified atom stereocenters. The second-order valence-electron chi connectivity index (χ2n) is 6.24. The Morgan fingerprint density at radius 1 is 1.15 bits per heavy atom. The van der Waals surface area contributed by atoms with E-state index in [1.54, 1.807) is 12.1 Å². The van der Waals surface area contributed by atoms with Crippen molar-refractivity contribution in [3.8, 4) is 0 Å². The summed E-state index contributed by atoms with van der Waals surface area (Å²) in [5.41, 5.74) is -0.165. The van der Waals surface area contributed by atoms with Crippen molar-refractivity contribution >= 4 is 21.7 Å². The molecule has 9 nitrogen and oxygen atoms in total. The minimum Gasteiger partial charge on any atom is -0.456 e. The first-order chi connectivity index (χ1) is 12.7. The van der Waals surface area contributed by atoms with E-state index < -0.39 is 27.2 Å². The van der Waals surface area contributed by atoms with Gasteiger partial charge in [-0.05, 0) is 24.6 Å². The van der Waals surface area contributed by atoms with Crippen LogP contribution in [0.2, 0.25) is 0 Å². The number of ether oxygens (including phenoxy) is 1. The maximum absolute atomic E-state index is 12.3. The molecule has 10 heteroatoms. The van der Waals surface area contributed by atoms with Crippen molar-refractivity contribution in [3.05, 3.63) is 62.4 Å². The number of carbonyl (C=O) groups is 1. The summed E-state index contributed by atoms with van der Waals surface area (Å²) in [5, 5.41) is 0. The number of aromatic nitrogens is 2. The van der Waals surface area contributed by atoms with E-state index in [1.165, 1.54) is 41.2 Å². The van der Waals surface area contributed by atoms with Gasteiger partial charge in [0.05, 0.1) is 22.7 Å². The molecule has 0 bridgehead atoms. The summed E-state index contributed by atoms with van der Waals surface area (Å²) in [6, 6.07) is 7.38. The van der Waals surface area contributed by atoms with E-state index in [0.717, 1.165) is 4.57 Å². The maximum Gasteiger partial charge on any atom is 0.338 e. The van der Waals surface area contributed by atoms with Gasteiger partial charge in [-0.3, -0.25) is 18.2 Å². The monoisotopic (exact) mass is 393 g/mol. The van der Waals surface area contributed by atoms with Crippen molar-refractivity contribution in [3.63, 3.8) is 0 Å². The molecule has 1 saturated heterocycles. The largest absolute Gasteiger partial charge is 0.456 e. The number of esters is 1. The zero-order chi connectivity index (χ0) is 19.8. The average molecular weight is 393 g/mol. The highest BCUT2D eigenvalue weighted by atomic mass is 32.2. The van der Waals surface area contributed by atoms with Crippen molar-refractivity contribution in [2.45, 2.75) is 13.0 Å². The minimum atomic E-state index is -3.35. The fourth-order valence-corrected chi connectivity index (χ4v) is 4.41. The van der Waals surface area contributed by atoms with E-state index in [1.807, 2.05) is 0 Å². The summed E-state index contributed by atoms with van der Waals surface area (Å²) in [7, 11) is -0.516. The molecule has 1 fully saturated rings. The molecule has 3 rings (SSSR count). The Bertz CT molecular complexity index is 1120. The lowest BCUT2D eigenvalue weighted by molar-refractivity contribution is 0.0462. The number of carbonyl (C=O) groups excluding carboxylic acids is 1. The molecule has 0 spiro atoms. The highest BCUT2D eigenvalue weighted by Gasteiger charge is 2.28. The highest BCUT2D eigenvalue weighted by molar-refractivity contribution is 7.93. The van der Waals surface area contributed by atoms with E-state index in [2.05, 4.69) is 0 Å². The van der Waals surface area contributed by atoms with E-state index in [9.17, 15) is 22.8 Å². The molecule has 2 aromatic rings. The van der Waals surface area contributed by atoms with Gasteiger partial charge < -0.3 is 4.74 Å². The molecule has 144 valence electrons. The smallest absolute Gasteiger partial charge is 0.338 e.